The summed E-state index contributed by atoms with van der Waals surface area (Å²) in [6.45, 7) is 3.25. The predicted molar refractivity (Wildman–Crippen MR) is 74.5 cm³/mol. The number of nitrogens with zero attached hydrogens (tertiary/aromatic N) is 4. The molecule has 3 rings (SSSR count). The van der Waals surface area contributed by atoms with Gasteiger partial charge in [-0.3, -0.25) is 0 Å². The fourth-order valence-electron chi connectivity index (χ4n) is 2.21. The SMILES string of the molecule is Nc1nc(NCC(O)C2CC2)nc(N2CCOCC2)n1. The number of aliphatic hydroxyl groups is 1. The maximum atomic E-state index is 9.85. The molecule has 20 heavy (non-hydrogen) atoms. The molecule has 2 aliphatic rings. The zero-order chi connectivity index (χ0) is 13.9. The van der Waals surface area contributed by atoms with E-state index >= 15 is 0 Å². The van der Waals surface area contributed by atoms with Crippen LogP contribution in [-0.4, -0.2) is 59.0 Å². The van der Waals surface area contributed by atoms with E-state index in [1.807, 2.05) is 4.90 Å². The zero-order valence-corrected chi connectivity index (χ0v) is 11.3. The molecule has 2 heterocycles. The molecule has 8 heteroatoms. The molecule has 0 spiro atoms. The highest BCUT2D eigenvalue weighted by Gasteiger charge is 2.29. The van der Waals surface area contributed by atoms with Crippen molar-refractivity contribution in [1.82, 2.24) is 15.0 Å². The van der Waals surface area contributed by atoms with Gasteiger partial charge in [0, 0.05) is 19.6 Å². The van der Waals surface area contributed by atoms with Crippen molar-refractivity contribution in [3.63, 3.8) is 0 Å². The number of anilines is 3. The summed E-state index contributed by atoms with van der Waals surface area (Å²) in [5.41, 5.74) is 5.72. The number of nitrogens with two attached hydrogens (primary N) is 1. The van der Waals surface area contributed by atoms with E-state index in [9.17, 15) is 5.11 Å². The largest absolute Gasteiger partial charge is 0.391 e. The third-order valence-electron chi connectivity index (χ3n) is 3.57. The standard InChI is InChI=1S/C12H20N6O2/c13-10-15-11(14-7-9(19)8-1-2-8)17-12(16-10)18-3-5-20-6-4-18/h8-9,19H,1-7H2,(H3,13,14,15,16,17). The lowest BCUT2D eigenvalue weighted by Gasteiger charge is -2.26. The first-order valence-electron chi connectivity index (χ1n) is 6.98. The van der Waals surface area contributed by atoms with Crippen LogP contribution < -0.4 is 16.0 Å². The Balaban J connectivity index is 1.65. The van der Waals surface area contributed by atoms with Crippen LogP contribution in [0.5, 0.6) is 0 Å². The minimum Gasteiger partial charge on any atom is -0.391 e. The van der Waals surface area contributed by atoms with Crippen LogP contribution in [0.25, 0.3) is 0 Å². The van der Waals surface area contributed by atoms with E-state index in [0.29, 0.717) is 37.6 Å². The van der Waals surface area contributed by atoms with Crippen molar-refractivity contribution in [2.24, 2.45) is 5.92 Å². The molecule has 8 nitrogen and oxygen atoms in total. The van der Waals surface area contributed by atoms with E-state index in [-0.39, 0.29) is 12.1 Å². The fraction of sp³-hybridized carbons (Fsp3) is 0.750. The lowest BCUT2D eigenvalue weighted by molar-refractivity contribution is 0.122. The van der Waals surface area contributed by atoms with Gasteiger partial charge in [-0.15, -0.1) is 0 Å². The minimum absolute atomic E-state index is 0.185. The average Bonchev–Trinajstić information content (AvgIpc) is 3.30. The van der Waals surface area contributed by atoms with E-state index in [0.717, 1.165) is 25.9 Å². The number of nitrogens with one attached hydrogen (secondary N) is 1. The maximum Gasteiger partial charge on any atom is 0.232 e. The average molecular weight is 280 g/mol. The molecule has 0 amide bonds. The van der Waals surface area contributed by atoms with Gasteiger partial charge >= 0.3 is 0 Å². The number of ether oxygens (including phenoxy) is 1. The molecule has 1 aromatic rings. The van der Waals surface area contributed by atoms with E-state index in [1.54, 1.807) is 0 Å². The molecule has 0 radical (unpaired) electrons. The summed E-state index contributed by atoms with van der Waals surface area (Å²) in [6.07, 6.45) is 1.85. The van der Waals surface area contributed by atoms with Crippen molar-refractivity contribution in [3.8, 4) is 0 Å². The van der Waals surface area contributed by atoms with Crippen molar-refractivity contribution in [1.29, 1.82) is 0 Å². The Hall–Kier alpha value is -1.67. The Kier molecular flexibility index (Phi) is 3.83. The van der Waals surface area contributed by atoms with Crippen LogP contribution in [0.2, 0.25) is 0 Å². The monoisotopic (exact) mass is 280 g/mol. The molecular weight excluding hydrogens is 260 g/mol. The molecule has 1 aromatic heterocycles. The van der Waals surface area contributed by atoms with Crippen LogP contribution in [0.4, 0.5) is 17.8 Å². The molecule has 0 aromatic carbocycles. The first-order chi connectivity index (χ1) is 9.72. The maximum absolute atomic E-state index is 9.85. The number of hydrogen-bond donors (Lipinski definition) is 3. The van der Waals surface area contributed by atoms with Crippen LogP contribution in [0, 0.1) is 5.92 Å². The van der Waals surface area contributed by atoms with Gasteiger partial charge in [-0.1, -0.05) is 0 Å². The van der Waals surface area contributed by atoms with Crippen LogP contribution in [0.3, 0.4) is 0 Å². The van der Waals surface area contributed by atoms with Gasteiger partial charge in [0.05, 0.1) is 19.3 Å². The summed E-state index contributed by atoms with van der Waals surface area (Å²) in [5.74, 6) is 1.58. The smallest absolute Gasteiger partial charge is 0.232 e. The zero-order valence-electron chi connectivity index (χ0n) is 11.3. The third kappa shape index (κ3) is 3.26. The number of morpholine rings is 1. The molecular formula is C12H20N6O2. The number of rotatable bonds is 5. The van der Waals surface area contributed by atoms with Gasteiger partial charge < -0.3 is 25.8 Å². The van der Waals surface area contributed by atoms with Crippen LogP contribution in [0.15, 0.2) is 0 Å². The molecule has 1 saturated heterocycles. The molecule has 1 atom stereocenters. The first-order valence-corrected chi connectivity index (χ1v) is 6.98. The van der Waals surface area contributed by atoms with Gasteiger partial charge in [-0.05, 0) is 18.8 Å². The first kappa shape index (κ1) is 13.3. The van der Waals surface area contributed by atoms with Crippen molar-refractivity contribution in [2.75, 3.05) is 48.8 Å². The molecule has 1 aliphatic carbocycles. The van der Waals surface area contributed by atoms with E-state index in [4.69, 9.17) is 10.5 Å². The highest BCUT2D eigenvalue weighted by molar-refractivity contribution is 5.42. The summed E-state index contributed by atoms with van der Waals surface area (Å²) in [7, 11) is 0. The minimum atomic E-state index is -0.347. The van der Waals surface area contributed by atoms with Crippen LogP contribution >= 0.6 is 0 Å². The highest BCUT2D eigenvalue weighted by Crippen LogP contribution is 2.32. The summed E-state index contributed by atoms with van der Waals surface area (Å²) < 4.78 is 5.30. The van der Waals surface area contributed by atoms with Crippen LogP contribution in [-0.2, 0) is 4.74 Å². The quantitative estimate of drug-likeness (QED) is 0.660. The molecule has 1 aliphatic heterocycles. The lowest BCUT2D eigenvalue weighted by atomic mass is 10.2. The summed E-state index contributed by atoms with van der Waals surface area (Å²) in [5, 5.41) is 12.9. The summed E-state index contributed by atoms with van der Waals surface area (Å²) in [4.78, 5) is 14.6. The van der Waals surface area contributed by atoms with Gasteiger partial charge in [0.15, 0.2) is 0 Å². The van der Waals surface area contributed by atoms with Gasteiger partial charge in [0.1, 0.15) is 0 Å². The second kappa shape index (κ2) is 5.76. The van der Waals surface area contributed by atoms with Crippen molar-refractivity contribution in [3.05, 3.63) is 0 Å². The highest BCUT2D eigenvalue weighted by atomic mass is 16.5. The predicted octanol–water partition coefficient (Wildman–Crippen LogP) is -0.527. The van der Waals surface area contributed by atoms with Gasteiger partial charge in [0.2, 0.25) is 17.8 Å². The Morgan fingerprint density at radius 2 is 2.05 bits per heavy atom. The lowest BCUT2D eigenvalue weighted by Crippen LogP contribution is -2.37. The number of hydrogen-bond acceptors (Lipinski definition) is 8. The topological polar surface area (TPSA) is 109 Å². The Bertz CT molecular complexity index is 461. The van der Waals surface area contributed by atoms with Gasteiger partial charge in [-0.2, -0.15) is 15.0 Å². The molecule has 110 valence electrons. The fourth-order valence-corrected chi connectivity index (χ4v) is 2.21. The number of aromatic nitrogens is 3. The second-order valence-electron chi connectivity index (χ2n) is 5.20. The Morgan fingerprint density at radius 1 is 1.30 bits per heavy atom. The molecule has 1 unspecified atom stereocenters. The summed E-state index contributed by atoms with van der Waals surface area (Å²) in [6, 6.07) is 0. The second-order valence-corrected chi connectivity index (χ2v) is 5.20. The van der Waals surface area contributed by atoms with Crippen molar-refractivity contribution < 1.29 is 9.84 Å². The third-order valence-corrected chi connectivity index (χ3v) is 3.57. The van der Waals surface area contributed by atoms with Gasteiger partial charge in [0.25, 0.3) is 0 Å². The van der Waals surface area contributed by atoms with Gasteiger partial charge in [-0.25, -0.2) is 0 Å². The molecule has 1 saturated carbocycles. The Morgan fingerprint density at radius 3 is 2.75 bits per heavy atom. The van der Waals surface area contributed by atoms with E-state index in [2.05, 4.69) is 20.3 Å². The van der Waals surface area contributed by atoms with Crippen molar-refractivity contribution >= 4 is 17.8 Å². The number of nitrogen functional groups attached to an aromatic ring is 1. The summed E-state index contributed by atoms with van der Waals surface area (Å²) >= 11 is 0. The van der Waals surface area contributed by atoms with Crippen LogP contribution in [0.1, 0.15) is 12.8 Å². The van der Waals surface area contributed by atoms with Crippen molar-refractivity contribution in [2.45, 2.75) is 18.9 Å². The molecule has 2 fully saturated rings. The molecule has 4 N–H and O–H groups in total. The number of aliphatic hydroxyl groups excluding tert-OH is 1. The molecule has 0 bridgehead atoms. The normalized spacial score (nSPS) is 20.8. The van der Waals surface area contributed by atoms with E-state index < -0.39 is 0 Å². The Labute approximate surface area is 117 Å². The van der Waals surface area contributed by atoms with E-state index in [1.165, 1.54) is 0 Å².